The lowest BCUT2D eigenvalue weighted by Crippen LogP contribution is -1.98. The maximum atomic E-state index is 11.5. The first-order chi connectivity index (χ1) is 16.3. The van der Waals surface area contributed by atoms with Crippen LogP contribution in [-0.2, 0) is 0 Å². The Hall–Kier alpha value is -4.98. The highest BCUT2D eigenvalue weighted by Crippen LogP contribution is 2.36. The first-order valence-electron chi connectivity index (χ1n) is 10.1. The second-order valence-corrected chi connectivity index (χ2v) is 7.65. The van der Waals surface area contributed by atoms with Crippen LogP contribution in [0, 0.1) is 0 Å². The van der Waals surface area contributed by atoms with E-state index in [2.05, 4.69) is 9.97 Å². The van der Waals surface area contributed by atoms with Crippen LogP contribution < -0.4 is 0 Å². The van der Waals surface area contributed by atoms with Gasteiger partial charge in [-0.05, 0) is 58.7 Å². The smallest absolute Gasteiger partial charge is 0.339 e. The quantitative estimate of drug-likeness (QED) is 0.282. The molecule has 0 unspecified atom stereocenters. The summed E-state index contributed by atoms with van der Waals surface area (Å²) in [6, 6.07) is 16.0. The predicted octanol–water partition coefficient (Wildman–Crippen LogP) is 4.92. The summed E-state index contributed by atoms with van der Waals surface area (Å²) in [5.74, 6) is -3.10. The van der Waals surface area contributed by atoms with Crippen molar-refractivity contribution in [2.75, 3.05) is 0 Å². The van der Waals surface area contributed by atoms with E-state index in [0.717, 1.165) is 21.9 Å². The third-order valence-corrected chi connectivity index (χ3v) is 5.70. The van der Waals surface area contributed by atoms with Crippen LogP contribution in [0.2, 0.25) is 0 Å². The number of carbonyl (C=O) groups is 2. The van der Waals surface area contributed by atoms with Gasteiger partial charge in [-0.25, -0.2) is 9.59 Å². The number of pyridine rings is 2. The second-order valence-electron chi connectivity index (χ2n) is 7.65. The number of phenols is 2. The summed E-state index contributed by atoms with van der Waals surface area (Å²) in [7, 11) is 0. The molecule has 2 heterocycles. The summed E-state index contributed by atoms with van der Waals surface area (Å²) < 4.78 is 0. The lowest BCUT2D eigenvalue weighted by atomic mass is 9.95. The minimum Gasteiger partial charge on any atom is -0.507 e. The second kappa shape index (κ2) is 7.86. The number of fused-ring (bicyclic) bond motifs is 3. The van der Waals surface area contributed by atoms with E-state index in [1.165, 1.54) is 24.3 Å². The summed E-state index contributed by atoms with van der Waals surface area (Å²) in [5, 5.41) is 39.9. The van der Waals surface area contributed by atoms with Crippen molar-refractivity contribution < 1.29 is 30.0 Å². The van der Waals surface area contributed by atoms with Gasteiger partial charge in [0.2, 0.25) is 0 Å². The zero-order valence-corrected chi connectivity index (χ0v) is 17.4. The number of aromatic nitrogens is 2. The van der Waals surface area contributed by atoms with Gasteiger partial charge < -0.3 is 20.4 Å². The fraction of sp³-hybridized carbons (Fsp3) is 0. The maximum Gasteiger partial charge on any atom is 0.339 e. The van der Waals surface area contributed by atoms with Crippen molar-refractivity contribution in [1.29, 1.82) is 0 Å². The molecule has 3 aromatic carbocycles. The lowest BCUT2D eigenvalue weighted by Gasteiger charge is -2.12. The van der Waals surface area contributed by atoms with Gasteiger partial charge in [-0.2, -0.15) is 0 Å². The molecule has 0 fully saturated rings. The van der Waals surface area contributed by atoms with Crippen molar-refractivity contribution in [3.63, 3.8) is 0 Å². The van der Waals surface area contributed by atoms with Crippen molar-refractivity contribution >= 4 is 33.7 Å². The number of aromatic hydroxyl groups is 2. The zero-order chi connectivity index (χ0) is 24.0. The Morgan fingerprint density at radius 3 is 1.38 bits per heavy atom. The normalized spacial score (nSPS) is 11.1. The van der Waals surface area contributed by atoms with Gasteiger partial charge in [0.1, 0.15) is 22.6 Å². The van der Waals surface area contributed by atoms with Crippen molar-refractivity contribution in [2.45, 2.75) is 0 Å². The van der Waals surface area contributed by atoms with Gasteiger partial charge >= 0.3 is 11.9 Å². The molecule has 0 bridgehead atoms. The predicted molar refractivity (Wildman–Crippen MR) is 125 cm³/mol. The van der Waals surface area contributed by atoms with Crippen LogP contribution in [0.1, 0.15) is 20.7 Å². The van der Waals surface area contributed by atoms with Gasteiger partial charge in [-0.15, -0.1) is 0 Å². The van der Waals surface area contributed by atoms with E-state index in [0.29, 0.717) is 22.2 Å². The number of nitrogens with zero attached hydrogens (tertiary/aromatic N) is 2. The van der Waals surface area contributed by atoms with E-state index in [1.54, 1.807) is 36.7 Å². The fourth-order valence-corrected chi connectivity index (χ4v) is 4.08. The summed E-state index contributed by atoms with van der Waals surface area (Å²) >= 11 is 0. The standard InChI is InChI=1S/C26H16N2O6/c29-21-5-1-13(11-19(21)25(31)32)15-7-9-27-23-17(15)3-4-18-16(8-10-28-24(18)23)14-2-6-22(30)20(12-14)26(33)34/h1-12,29-30H,(H,31,32)(H,33,34). The van der Waals surface area contributed by atoms with E-state index in [1.807, 2.05) is 12.1 Å². The lowest BCUT2D eigenvalue weighted by molar-refractivity contribution is 0.0682. The minimum absolute atomic E-state index is 0.203. The number of carboxylic acids is 2. The average Bonchev–Trinajstić information content (AvgIpc) is 2.83. The number of aromatic carboxylic acids is 2. The first-order valence-corrected chi connectivity index (χ1v) is 10.1. The Balaban J connectivity index is 1.74. The molecule has 0 aliphatic carbocycles. The molecule has 0 aliphatic rings. The summed E-state index contributed by atoms with van der Waals surface area (Å²) in [5.41, 5.74) is 3.40. The fourth-order valence-electron chi connectivity index (χ4n) is 4.08. The van der Waals surface area contributed by atoms with Crippen LogP contribution in [0.3, 0.4) is 0 Å². The van der Waals surface area contributed by atoms with E-state index < -0.39 is 11.9 Å². The number of hydrogen-bond donors (Lipinski definition) is 4. The molecule has 8 nitrogen and oxygen atoms in total. The van der Waals surface area contributed by atoms with Gasteiger partial charge in [-0.3, -0.25) is 9.97 Å². The van der Waals surface area contributed by atoms with E-state index >= 15 is 0 Å². The molecule has 5 aromatic rings. The number of rotatable bonds is 4. The van der Waals surface area contributed by atoms with Crippen LogP contribution in [0.4, 0.5) is 0 Å². The number of hydrogen-bond acceptors (Lipinski definition) is 6. The molecule has 0 saturated heterocycles. The summed E-state index contributed by atoms with van der Waals surface area (Å²) in [6.45, 7) is 0. The van der Waals surface area contributed by atoms with E-state index in [-0.39, 0.29) is 22.6 Å². The Morgan fingerprint density at radius 2 is 1.00 bits per heavy atom. The van der Waals surface area contributed by atoms with Gasteiger partial charge in [0.25, 0.3) is 0 Å². The largest absolute Gasteiger partial charge is 0.507 e. The van der Waals surface area contributed by atoms with Crippen molar-refractivity contribution in [2.24, 2.45) is 0 Å². The molecule has 0 spiro atoms. The van der Waals surface area contributed by atoms with Crippen LogP contribution >= 0.6 is 0 Å². The third-order valence-electron chi connectivity index (χ3n) is 5.70. The van der Waals surface area contributed by atoms with Crippen molar-refractivity contribution in [1.82, 2.24) is 9.97 Å². The molecule has 8 heteroatoms. The summed E-state index contributed by atoms with van der Waals surface area (Å²) in [4.78, 5) is 31.9. The molecule has 4 N–H and O–H groups in total. The van der Waals surface area contributed by atoms with Crippen LogP contribution in [0.5, 0.6) is 11.5 Å². The van der Waals surface area contributed by atoms with Crippen LogP contribution in [0.15, 0.2) is 73.1 Å². The minimum atomic E-state index is -1.23. The zero-order valence-electron chi connectivity index (χ0n) is 17.4. The molecule has 0 saturated carbocycles. The first kappa shape index (κ1) is 20.9. The third kappa shape index (κ3) is 3.34. The van der Waals surface area contributed by atoms with E-state index in [4.69, 9.17) is 0 Å². The van der Waals surface area contributed by atoms with Gasteiger partial charge in [0, 0.05) is 23.2 Å². The van der Waals surface area contributed by atoms with Gasteiger partial charge in [0.15, 0.2) is 0 Å². The molecule has 0 radical (unpaired) electrons. The number of benzene rings is 3. The molecule has 5 rings (SSSR count). The Morgan fingerprint density at radius 1 is 0.588 bits per heavy atom. The van der Waals surface area contributed by atoms with Gasteiger partial charge in [0.05, 0.1) is 11.0 Å². The Labute approximate surface area is 192 Å². The molecule has 166 valence electrons. The van der Waals surface area contributed by atoms with Crippen LogP contribution in [-0.4, -0.2) is 42.3 Å². The van der Waals surface area contributed by atoms with Crippen molar-refractivity contribution in [3.8, 4) is 33.8 Å². The summed E-state index contributed by atoms with van der Waals surface area (Å²) in [6.07, 6.45) is 3.20. The maximum absolute atomic E-state index is 11.5. The highest BCUT2D eigenvalue weighted by atomic mass is 16.4. The van der Waals surface area contributed by atoms with Crippen molar-refractivity contribution in [3.05, 3.63) is 84.2 Å². The van der Waals surface area contributed by atoms with E-state index in [9.17, 15) is 30.0 Å². The average molecular weight is 452 g/mol. The molecular weight excluding hydrogens is 436 g/mol. The van der Waals surface area contributed by atoms with Gasteiger partial charge in [-0.1, -0.05) is 24.3 Å². The number of carboxylic acid groups (broad SMARTS) is 2. The SMILES string of the molecule is O=C(O)c1cc(-c2ccnc3c2ccc2c(-c4ccc(O)c(C(=O)O)c4)ccnc23)ccc1O. The monoisotopic (exact) mass is 452 g/mol. The Bertz CT molecular complexity index is 1520. The molecule has 2 aromatic heterocycles. The molecular formula is C26H16N2O6. The molecule has 34 heavy (non-hydrogen) atoms. The molecule has 0 aliphatic heterocycles. The Kier molecular flexibility index (Phi) is 4.83. The highest BCUT2D eigenvalue weighted by Gasteiger charge is 2.16. The molecule has 0 amide bonds. The highest BCUT2D eigenvalue weighted by molar-refractivity contribution is 6.12. The van der Waals surface area contributed by atoms with Crippen LogP contribution in [0.25, 0.3) is 44.1 Å². The topological polar surface area (TPSA) is 141 Å². The molecule has 0 atom stereocenters.